The first-order valence-corrected chi connectivity index (χ1v) is 7.66. The number of nitrogens with zero attached hydrogens (tertiary/aromatic N) is 1. The van der Waals surface area contributed by atoms with Crippen LogP contribution in [-0.4, -0.2) is 36.0 Å². The second kappa shape index (κ2) is 8.81. The van der Waals surface area contributed by atoms with Gasteiger partial charge in [0.2, 0.25) is 5.91 Å². The van der Waals surface area contributed by atoms with Gasteiger partial charge in [-0.1, -0.05) is 24.0 Å². The van der Waals surface area contributed by atoms with Crippen LogP contribution in [0.1, 0.15) is 47.0 Å². The molecule has 1 aliphatic rings. The zero-order valence-electron chi connectivity index (χ0n) is 13.3. The Hall–Kier alpha value is -1.27. The van der Waals surface area contributed by atoms with Gasteiger partial charge in [0, 0.05) is 18.0 Å². The van der Waals surface area contributed by atoms with Crippen LogP contribution in [0.2, 0.25) is 0 Å². The van der Waals surface area contributed by atoms with Crippen molar-refractivity contribution in [3.63, 3.8) is 0 Å². The predicted molar refractivity (Wildman–Crippen MR) is 84.2 cm³/mol. The second-order valence-corrected chi connectivity index (χ2v) is 5.91. The van der Waals surface area contributed by atoms with Crippen LogP contribution in [-0.2, 0) is 4.79 Å². The van der Waals surface area contributed by atoms with Crippen LogP contribution in [0.25, 0.3) is 0 Å². The molecule has 3 heteroatoms. The van der Waals surface area contributed by atoms with E-state index >= 15 is 0 Å². The highest BCUT2D eigenvalue weighted by molar-refractivity contribution is 5.79. The smallest absolute Gasteiger partial charge is 0.224 e. The maximum atomic E-state index is 11.9. The lowest BCUT2D eigenvalue weighted by molar-refractivity contribution is -0.124. The van der Waals surface area contributed by atoms with Crippen molar-refractivity contribution in [1.82, 2.24) is 10.2 Å². The van der Waals surface area contributed by atoms with Gasteiger partial charge in [-0.25, -0.2) is 0 Å². The fourth-order valence-corrected chi connectivity index (χ4v) is 2.48. The molecular weight excluding hydrogens is 248 g/mol. The average Bonchev–Trinajstić information content (AvgIpc) is 2.42. The third kappa shape index (κ3) is 5.79. The van der Waals surface area contributed by atoms with Gasteiger partial charge >= 0.3 is 0 Å². The predicted octanol–water partition coefficient (Wildman–Crippen LogP) is 2.58. The highest BCUT2D eigenvalue weighted by Crippen LogP contribution is 2.17. The van der Waals surface area contributed by atoms with Crippen LogP contribution in [0.4, 0.5) is 0 Å². The van der Waals surface area contributed by atoms with Crippen molar-refractivity contribution in [2.45, 2.75) is 59.0 Å². The van der Waals surface area contributed by atoms with Crippen molar-refractivity contribution in [2.24, 2.45) is 5.92 Å². The number of carbonyl (C=O) groups is 1. The molecule has 0 saturated carbocycles. The minimum absolute atomic E-state index is 0.143. The van der Waals surface area contributed by atoms with E-state index in [0.29, 0.717) is 18.6 Å². The third-order valence-electron chi connectivity index (χ3n) is 3.70. The van der Waals surface area contributed by atoms with Crippen molar-refractivity contribution in [1.29, 1.82) is 0 Å². The highest BCUT2D eigenvalue weighted by atomic mass is 16.1. The van der Waals surface area contributed by atoms with Gasteiger partial charge in [0.25, 0.3) is 0 Å². The molecule has 0 bridgehead atoms. The lowest BCUT2D eigenvalue weighted by Crippen LogP contribution is -2.37. The average molecular weight is 276 g/mol. The summed E-state index contributed by atoms with van der Waals surface area (Å²) in [5.41, 5.74) is 0. The monoisotopic (exact) mass is 276 g/mol. The quantitative estimate of drug-likeness (QED) is 0.618. The molecule has 112 valence electrons. The Kier molecular flexibility index (Phi) is 7.40. The van der Waals surface area contributed by atoms with Crippen molar-refractivity contribution >= 4 is 5.91 Å². The van der Waals surface area contributed by atoms with Gasteiger partial charge in [0.15, 0.2) is 0 Å². The summed E-state index contributed by atoms with van der Waals surface area (Å²) in [6.45, 7) is 9.95. The summed E-state index contributed by atoms with van der Waals surface area (Å²) in [7, 11) is 0. The molecule has 0 aliphatic heterocycles. The van der Waals surface area contributed by atoms with Crippen molar-refractivity contribution in [3.8, 4) is 11.8 Å². The topological polar surface area (TPSA) is 32.3 Å². The zero-order chi connectivity index (χ0) is 15.0. The first kappa shape index (κ1) is 16.8. The van der Waals surface area contributed by atoms with Crippen LogP contribution < -0.4 is 5.32 Å². The maximum absolute atomic E-state index is 11.9. The third-order valence-corrected chi connectivity index (χ3v) is 3.70. The zero-order valence-corrected chi connectivity index (χ0v) is 13.3. The summed E-state index contributed by atoms with van der Waals surface area (Å²) in [5, 5.41) is 2.92. The Labute approximate surface area is 123 Å². The molecule has 0 radical (unpaired) electrons. The molecule has 0 heterocycles. The van der Waals surface area contributed by atoms with Crippen LogP contribution in [0.15, 0.2) is 12.2 Å². The molecule has 0 aromatic rings. The Bertz CT molecular complexity index is 380. The van der Waals surface area contributed by atoms with E-state index in [-0.39, 0.29) is 11.8 Å². The molecule has 1 N–H and O–H groups in total. The molecule has 1 aliphatic carbocycles. The molecule has 0 aromatic carbocycles. The normalized spacial score (nSPS) is 18.2. The fraction of sp³-hybridized carbons (Fsp3) is 0.706. The van der Waals surface area contributed by atoms with Crippen LogP contribution in [0, 0.1) is 17.8 Å². The Balaban J connectivity index is 2.28. The van der Waals surface area contributed by atoms with E-state index in [1.54, 1.807) is 0 Å². The van der Waals surface area contributed by atoms with Gasteiger partial charge in [-0.3, -0.25) is 9.69 Å². The lowest BCUT2D eigenvalue weighted by atomic mass is 9.94. The largest absolute Gasteiger partial charge is 0.345 e. The van der Waals surface area contributed by atoms with Gasteiger partial charge in [-0.05, 0) is 47.0 Å². The number of rotatable bonds is 5. The summed E-state index contributed by atoms with van der Waals surface area (Å²) in [4.78, 5) is 14.2. The molecule has 1 unspecified atom stereocenters. The first-order valence-electron chi connectivity index (χ1n) is 7.66. The second-order valence-electron chi connectivity index (χ2n) is 5.91. The van der Waals surface area contributed by atoms with Crippen LogP contribution >= 0.6 is 0 Å². The van der Waals surface area contributed by atoms with Gasteiger partial charge in [-0.2, -0.15) is 0 Å². The Morgan fingerprint density at radius 2 is 1.95 bits per heavy atom. The summed E-state index contributed by atoms with van der Waals surface area (Å²) < 4.78 is 0. The van der Waals surface area contributed by atoms with Crippen molar-refractivity contribution in [2.75, 3.05) is 13.1 Å². The number of nitrogens with one attached hydrogen (secondary N) is 1. The van der Waals surface area contributed by atoms with Crippen LogP contribution in [0.5, 0.6) is 0 Å². The number of carbonyl (C=O) groups excluding carboxylic acids is 1. The molecule has 1 amide bonds. The van der Waals surface area contributed by atoms with Gasteiger partial charge in [-0.15, -0.1) is 0 Å². The van der Waals surface area contributed by atoms with E-state index in [1.807, 2.05) is 0 Å². The molecule has 0 aromatic heterocycles. The number of hydrogen-bond acceptors (Lipinski definition) is 2. The molecule has 0 fully saturated rings. The minimum Gasteiger partial charge on any atom is -0.345 e. The molecule has 0 spiro atoms. The summed E-state index contributed by atoms with van der Waals surface area (Å²) in [6.07, 6.45) is 7.10. The summed E-state index contributed by atoms with van der Waals surface area (Å²) >= 11 is 0. The van der Waals surface area contributed by atoms with E-state index in [0.717, 1.165) is 25.8 Å². The lowest BCUT2D eigenvalue weighted by Gasteiger charge is -2.28. The van der Waals surface area contributed by atoms with Crippen LogP contribution in [0.3, 0.4) is 0 Å². The van der Waals surface area contributed by atoms with E-state index in [4.69, 9.17) is 0 Å². The number of amides is 1. The van der Waals surface area contributed by atoms with Crippen molar-refractivity contribution < 1.29 is 4.79 Å². The van der Waals surface area contributed by atoms with Gasteiger partial charge in [0.1, 0.15) is 0 Å². The molecule has 20 heavy (non-hydrogen) atoms. The van der Waals surface area contributed by atoms with E-state index in [2.05, 4.69) is 61.9 Å². The van der Waals surface area contributed by atoms with E-state index in [9.17, 15) is 4.79 Å². The van der Waals surface area contributed by atoms with Gasteiger partial charge in [0.05, 0.1) is 13.1 Å². The SMILES string of the molecule is CC(C)N(CC#CCNC(=O)C1CC=CCC1)C(C)C. The van der Waals surface area contributed by atoms with Gasteiger partial charge < -0.3 is 5.32 Å². The standard InChI is InChI=1S/C17H28N2O/c1-14(2)19(15(3)4)13-9-8-12-18-17(20)16-10-6-5-7-11-16/h5-6,14-16H,7,10-13H2,1-4H3,(H,18,20). The van der Waals surface area contributed by atoms with E-state index < -0.39 is 0 Å². The molecular formula is C17H28N2O. The minimum atomic E-state index is 0.143. The van der Waals surface area contributed by atoms with Crippen molar-refractivity contribution in [3.05, 3.63) is 12.2 Å². The Morgan fingerprint density at radius 3 is 2.50 bits per heavy atom. The number of allylic oxidation sites excluding steroid dienone is 2. The molecule has 0 saturated heterocycles. The molecule has 3 nitrogen and oxygen atoms in total. The first-order chi connectivity index (χ1) is 9.52. The molecule has 1 rings (SSSR count). The highest BCUT2D eigenvalue weighted by Gasteiger charge is 2.17. The fourth-order valence-electron chi connectivity index (χ4n) is 2.48. The number of hydrogen-bond donors (Lipinski definition) is 1. The summed E-state index contributed by atoms with van der Waals surface area (Å²) in [5.74, 6) is 6.50. The summed E-state index contributed by atoms with van der Waals surface area (Å²) in [6, 6.07) is 0.987. The maximum Gasteiger partial charge on any atom is 0.224 e. The Morgan fingerprint density at radius 1 is 1.25 bits per heavy atom. The van der Waals surface area contributed by atoms with E-state index in [1.165, 1.54) is 0 Å². The molecule has 1 atom stereocenters.